The van der Waals surface area contributed by atoms with E-state index in [9.17, 15) is 13.2 Å². The van der Waals surface area contributed by atoms with Crippen LogP contribution in [0.15, 0.2) is 18.2 Å². The largest absolute Gasteiger partial charge is 0.492 e. The number of alkyl halides is 3. The predicted molar refractivity (Wildman–Crippen MR) is 82.0 cm³/mol. The minimum absolute atomic E-state index is 0.00297. The van der Waals surface area contributed by atoms with E-state index in [0.29, 0.717) is 23.2 Å². The van der Waals surface area contributed by atoms with Crippen LogP contribution in [0.1, 0.15) is 19.4 Å². The third-order valence-corrected chi connectivity index (χ3v) is 3.43. The first-order valence-electron chi connectivity index (χ1n) is 6.60. The van der Waals surface area contributed by atoms with Gasteiger partial charge in [0.2, 0.25) is 0 Å². The quantitative estimate of drug-likeness (QED) is 0.691. The van der Waals surface area contributed by atoms with E-state index in [1.54, 1.807) is 18.2 Å². The van der Waals surface area contributed by atoms with Crippen LogP contribution in [0.4, 0.5) is 13.2 Å². The summed E-state index contributed by atoms with van der Waals surface area (Å²) in [6.07, 6.45) is 0. The summed E-state index contributed by atoms with van der Waals surface area (Å²) >= 11 is 5.86. The summed E-state index contributed by atoms with van der Waals surface area (Å²) < 4.78 is 41.5. The Labute approximate surface area is 132 Å². The first-order valence-corrected chi connectivity index (χ1v) is 7.97. The van der Waals surface area contributed by atoms with Gasteiger partial charge < -0.3 is 10.1 Å². The molecule has 7 heteroatoms. The van der Waals surface area contributed by atoms with Gasteiger partial charge in [-0.1, -0.05) is 25.4 Å². The molecule has 0 radical (unpaired) electrons. The van der Waals surface area contributed by atoms with Gasteiger partial charge in [-0.15, -0.1) is 0 Å². The van der Waals surface area contributed by atoms with Gasteiger partial charge in [0.25, 0.3) is 0 Å². The second kappa shape index (κ2) is 8.76. The maximum atomic E-state index is 12.0. The fourth-order valence-corrected chi connectivity index (χ4v) is 2.22. The van der Waals surface area contributed by atoms with E-state index >= 15 is 0 Å². The average Bonchev–Trinajstić information content (AvgIpc) is 2.35. The highest BCUT2D eigenvalue weighted by atomic mass is 35.5. The lowest BCUT2D eigenvalue weighted by atomic mass is 10.2. The Morgan fingerprint density at radius 2 is 2.05 bits per heavy atom. The van der Waals surface area contributed by atoms with Crippen LogP contribution in [0.25, 0.3) is 0 Å². The molecule has 0 aliphatic carbocycles. The minimum Gasteiger partial charge on any atom is -0.492 e. The molecule has 0 amide bonds. The van der Waals surface area contributed by atoms with E-state index in [1.807, 2.05) is 0 Å². The van der Waals surface area contributed by atoms with Gasteiger partial charge in [0.1, 0.15) is 5.75 Å². The molecule has 1 aromatic rings. The van der Waals surface area contributed by atoms with Crippen LogP contribution in [-0.2, 0) is 6.54 Å². The smallest absolute Gasteiger partial charge is 0.441 e. The van der Waals surface area contributed by atoms with Gasteiger partial charge in [-0.3, -0.25) is 0 Å². The van der Waals surface area contributed by atoms with Crippen molar-refractivity contribution in [2.45, 2.75) is 25.9 Å². The van der Waals surface area contributed by atoms with Crippen LogP contribution in [0.3, 0.4) is 0 Å². The van der Waals surface area contributed by atoms with Crippen LogP contribution >= 0.6 is 23.4 Å². The first-order chi connectivity index (χ1) is 9.78. The molecule has 0 atom stereocenters. The molecule has 1 aromatic carbocycles. The Kier molecular flexibility index (Phi) is 7.70. The second-order valence-corrected chi connectivity index (χ2v) is 6.52. The third-order valence-electron chi connectivity index (χ3n) is 2.50. The van der Waals surface area contributed by atoms with Gasteiger partial charge in [-0.05, 0) is 42.4 Å². The lowest BCUT2D eigenvalue weighted by Crippen LogP contribution is -2.19. The Balaban J connectivity index is 2.52. The van der Waals surface area contributed by atoms with Crippen molar-refractivity contribution in [2.75, 3.05) is 18.9 Å². The standard InChI is InChI=1S/C14H19ClF3NOS/c1-10(2)8-19-9-11-7-12(15)3-4-13(11)20-5-6-21-14(16,17)18/h3-4,7,10,19H,5-6,8-9H2,1-2H3. The SMILES string of the molecule is CC(C)CNCc1cc(Cl)ccc1OCCSC(F)(F)F. The van der Waals surface area contributed by atoms with Crippen LogP contribution in [0.5, 0.6) is 5.75 Å². The first kappa shape index (κ1) is 18.5. The number of hydrogen-bond donors (Lipinski definition) is 1. The van der Waals surface area contributed by atoms with Gasteiger partial charge in [0, 0.05) is 22.9 Å². The summed E-state index contributed by atoms with van der Waals surface area (Å²) in [5.41, 5.74) is -3.37. The highest BCUT2D eigenvalue weighted by molar-refractivity contribution is 8.00. The predicted octanol–water partition coefficient (Wildman–Crippen LogP) is 4.72. The zero-order chi connectivity index (χ0) is 15.9. The highest BCUT2D eigenvalue weighted by Gasteiger charge is 2.27. The van der Waals surface area contributed by atoms with E-state index in [0.717, 1.165) is 12.1 Å². The van der Waals surface area contributed by atoms with Crippen molar-refractivity contribution in [3.8, 4) is 5.75 Å². The Hall–Kier alpha value is -0.590. The molecule has 0 spiro atoms. The number of rotatable bonds is 8. The number of halogens is 4. The van der Waals surface area contributed by atoms with Crippen LogP contribution in [0.2, 0.25) is 5.02 Å². The normalized spacial score (nSPS) is 12.0. The van der Waals surface area contributed by atoms with Crippen molar-refractivity contribution >= 4 is 23.4 Å². The number of ether oxygens (including phenoxy) is 1. The molecule has 1 N–H and O–H groups in total. The van der Waals surface area contributed by atoms with E-state index < -0.39 is 5.51 Å². The van der Waals surface area contributed by atoms with Crippen LogP contribution in [0, 0.1) is 5.92 Å². The van der Waals surface area contributed by atoms with Crippen LogP contribution < -0.4 is 10.1 Å². The average molecular weight is 342 g/mol. The highest BCUT2D eigenvalue weighted by Crippen LogP contribution is 2.30. The molecule has 21 heavy (non-hydrogen) atoms. The molecule has 2 nitrogen and oxygen atoms in total. The maximum absolute atomic E-state index is 12.0. The fourth-order valence-electron chi connectivity index (χ4n) is 1.63. The molecule has 0 bridgehead atoms. The van der Waals surface area contributed by atoms with Crippen molar-refractivity contribution in [3.05, 3.63) is 28.8 Å². The van der Waals surface area contributed by atoms with E-state index in [4.69, 9.17) is 16.3 Å². The molecule has 0 fully saturated rings. The van der Waals surface area contributed by atoms with Crippen molar-refractivity contribution in [1.29, 1.82) is 0 Å². The van der Waals surface area contributed by atoms with Crippen molar-refractivity contribution < 1.29 is 17.9 Å². The summed E-state index contributed by atoms with van der Waals surface area (Å²) in [6.45, 7) is 5.60. The molecule has 0 saturated carbocycles. The number of hydrogen-bond acceptors (Lipinski definition) is 3. The van der Waals surface area contributed by atoms with Gasteiger partial charge in [-0.25, -0.2) is 0 Å². The van der Waals surface area contributed by atoms with E-state index in [-0.39, 0.29) is 24.1 Å². The summed E-state index contributed by atoms with van der Waals surface area (Å²) in [5, 5.41) is 3.84. The summed E-state index contributed by atoms with van der Waals surface area (Å²) in [6, 6.07) is 5.12. The maximum Gasteiger partial charge on any atom is 0.441 e. The molecule has 0 aliphatic heterocycles. The van der Waals surface area contributed by atoms with E-state index in [1.165, 1.54) is 0 Å². The van der Waals surface area contributed by atoms with Gasteiger partial charge in [0.05, 0.1) is 6.61 Å². The fraction of sp³-hybridized carbons (Fsp3) is 0.571. The van der Waals surface area contributed by atoms with Gasteiger partial charge in [-0.2, -0.15) is 13.2 Å². The Morgan fingerprint density at radius 1 is 1.33 bits per heavy atom. The van der Waals surface area contributed by atoms with Crippen LogP contribution in [-0.4, -0.2) is 24.4 Å². The molecule has 120 valence electrons. The molecule has 0 aliphatic rings. The van der Waals surface area contributed by atoms with Gasteiger partial charge in [0.15, 0.2) is 0 Å². The zero-order valence-corrected chi connectivity index (χ0v) is 13.5. The number of nitrogens with one attached hydrogen (secondary N) is 1. The number of thioether (sulfide) groups is 1. The number of benzene rings is 1. The second-order valence-electron chi connectivity index (χ2n) is 4.92. The lowest BCUT2D eigenvalue weighted by Gasteiger charge is -2.14. The topological polar surface area (TPSA) is 21.3 Å². The molecular weight excluding hydrogens is 323 g/mol. The van der Waals surface area contributed by atoms with E-state index in [2.05, 4.69) is 19.2 Å². The molecule has 1 rings (SSSR count). The summed E-state index contributed by atoms with van der Waals surface area (Å²) in [7, 11) is 0. The monoisotopic (exact) mass is 341 g/mol. The van der Waals surface area contributed by atoms with Crippen molar-refractivity contribution in [2.24, 2.45) is 5.92 Å². The molecule has 0 aromatic heterocycles. The molecule has 0 saturated heterocycles. The molecule has 0 unspecified atom stereocenters. The van der Waals surface area contributed by atoms with Gasteiger partial charge >= 0.3 is 5.51 Å². The summed E-state index contributed by atoms with van der Waals surface area (Å²) in [5.74, 6) is 0.945. The third kappa shape index (κ3) is 8.44. The zero-order valence-electron chi connectivity index (χ0n) is 12.0. The summed E-state index contributed by atoms with van der Waals surface area (Å²) in [4.78, 5) is 0. The molecular formula is C14H19ClF3NOS. The Morgan fingerprint density at radius 3 is 2.67 bits per heavy atom. The Bertz CT molecular complexity index is 441. The minimum atomic E-state index is -4.22. The molecule has 0 heterocycles. The van der Waals surface area contributed by atoms with Crippen molar-refractivity contribution in [3.63, 3.8) is 0 Å². The lowest BCUT2D eigenvalue weighted by molar-refractivity contribution is -0.0329. The van der Waals surface area contributed by atoms with Crippen molar-refractivity contribution in [1.82, 2.24) is 5.32 Å².